The SMILES string of the molecule is Cc1cc(C2CCC(CNC=O)CC2)ccn1. The third kappa shape index (κ3) is 3.29. The van der Waals surface area contributed by atoms with Gasteiger partial charge in [-0.1, -0.05) is 0 Å². The summed E-state index contributed by atoms with van der Waals surface area (Å²) in [5, 5.41) is 2.79. The van der Waals surface area contributed by atoms with Gasteiger partial charge >= 0.3 is 0 Å². The van der Waals surface area contributed by atoms with Crippen LogP contribution < -0.4 is 5.32 Å². The second-order valence-electron chi connectivity index (χ2n) is 4.97. The van der Waals surface area contributed by atoms with E-state index in [0.29, 0.717) is 11.8 Å². The smallest absolute Gasteiger partial charge is 0.207 e. The third-order valence-corrected chi connectivity index (χ3v) is 3.73. The Balaban J connectivity index is 1.88. The highest BCUT2D eigenvalue weighted by Crippen LogP contribution is 2.35. The van der Waals surface area contributed by atoms with E-state index in [9.17, 15) is 4.79 Å². The molecule has 0 atom stereocenters. The zero-order valence-electron chi connectivity index (χ0n) is 10.4. The first-order valence-corrected chi connectivity index (χ1v) is 6.39. The van der Waals surface area contributed by atoms with Crippen molar-refractivity contribution in [2.75, 3.05) is 6.54 Å². The van der Waals surface area contributed by atoms with Gasteiger partial charge < -0.3 is 5.32 Å². The van der Waals surface area contributed by atoms with Crippen molar-refractivity contribution in [2.45, 2.75) is 38.5 Å². The topological polar surface area (TPSA) is 42.0 Å². The number of carbonyl (C=O) groups is 1. The molecular weight excluding hydrogens is 212 g/mol. The lowest BCUT2D eigenvalue weighted by Crippen LogP contribution is -2.25. The van der Waals surface area contributed by atoms with Crippen LogP contribution in [0.2, 0.25) is 0 Å². The first kappa shape index (κ1) is 12.1. The van der Waals surface area contributed by atoms with Crippen molar-refractivity contribution in [3.63, 3.8) is 0 Å². The van der Waals surface area contributed by atoms with Crippen LogP contribution in [0.25, 0.3) is 0 Å². The molecular formula is C14H20N2O. The Bertz CT molecular complexity index is 370. The standard InChI is InChI=1S/C14H20N2O/c1-11-8-14(6-7-16-11)13-4-2-12(3-5-13)9-15-10-17/h6-8,10,12-13H,2-5,9H2,1H3,(H,15,17). The van der Waals surface area contributed by atoms with E-state index in [-0.39, 0.29) is 0 Å². The number of nitrogens with one attached hydrogen (secondary N) is 1. The zero-order valence-corrected chi connectivity index (χ0v) is 10.4. The number of rotatable bonds is 4. The van der Waals surface area contributed by atoms with Crippen molar-refractivity contribution in [3.05, 3.63) is 29.6 Å². The highest BCUT2D eigenvalue weighted by Gasteiger charge is 2.22. The maximum atomic E-state index is 10.3. The number of pyridine rings is 1. The van der Waals surface area contributed by atoms with Gasteiger partial charge in [0.1, 0.15) is 0 Å². The molecule has 2 rings (SSSR count). The molecule has 0 radical (unpaired) electrons. The summed E-state index contributed by atoms with van der Waals surface area (Å²) in [5.41, 5.74) is 2.53. The molecule has 1 N–H and O–H groups in total. The van der Waals surface area contributed by atoms with Crippen LogP contribution in [0.4, 0.5) is 0 Å². The normalized spacial score (nSPS) is 24.3. The van der Waals surface area contributed by atoms with E-state index in [1.165, 1.54) is 31.2 Å². The van der Waals surface area contributed by atoms with Crippen molar-refractivity contribution < 1.29 is 4.79 Å². The van der Waals surface area contributed by atoms with Gasteiger partial charge in [-0.05, 0) is 62.1 Å². The van der Waals surface area contributed by atoms with Gasteiger partial charge in [0.15, 0.2) is 0 Å². The van der Waals surface area contributed by atoms with Gasteiger partial charge in [-0.3, -0.25) is 9.78 Å². The summed E-state index contributed by atoms with van der Waals surface area (Å²) in [6.45, 7) is 2.88. The molecule has 0 saturated heterocycles. The van der Waals surface area contributed by atoms with Crippen molar-refractivity contribution in [1.82, 2.24) is 10.3 Å². The molecule has 3 nitrogen and oxygen atoms in total. The second-order valence-corrected chi connectivity index (χ2v) is 4.97. The molecule has 17 heavy (non-hydrogen) atoms. The molecule has 1 aromatic heterocycles. The summed E-state index contributed by atoms with van der Waals surface area (Å²) < 4.78 is 0. The minimum absolute atomic E-state index is 0.666. The number of nitrogens with zero attached hydrogens (tertiary/aromatic N) is 1. The fraction of sp³-hybridized carbons (Fsp3) is 0.571. The van der Waals surface area contributed by atoms with Crippen LogP contribution in [0, 0.1) is 12.8 Å². The third-order valence-electron chi connectivity index (χ3n) is 3.73. The number of hydrogen-bond donors (Lipinski definition) is 1. The summed E-state index contributed by atoms with van der Waals surface area (Å²) in [6, 6.07) is 4.34. The molecule has 0 bridgehead atoms. The van der Waals surface area contributed by atoms with Crippen LogP contribution in [0.15, 0.2) is 18.3 Å². The molecule has 0 aliphatic heterocycles. The first-order chi connectivity index (χ1) is 8.29. The Hall–Kier alpha value is -1.38. The molecule has 1 saturated carbocycles. The predicted octanol–water partition coefficient (Wildman–Crippen LogP) is 2.41. The van der Waals surface area contributed by atoms with Gasteiger partial charge in [0, 0.05) is 18.4 Å². The fourth-order valence-electron chi connectivity index (χ4n) is 2.74. The number of aromatic nitrogens is 1. The van der Waals surface area contributed by atoms with Gasteiger partial charge in [0.2, 0.25) is 6.41 Å². The monoisotopic (exact) mass is 232 g/mol. The number of carbonyl (C=O) groups excluding carboxylic acids is 1. The fourth-order valence-corrected chi connectivity index (χ4v) is 2.74. The van der Waals surface area contributed by atoms with Gasteiger partial charge in [-0.25, -0.2) is 0 Å². The first-order valence-electron chi connectivity index (χ1n) is 6.39. The maximum Gasteiger partial charge on any atom is 0.207 e. The van der Waals surface area contributed by atoms with E-state index in [0.717, 1.165) is 18.6 Å². The summed E-state index contributed by atoms with van der Waals surface area (Å²) in [7, 11) is 0. The highest BCUT2D eigenvalue weighted by molar-refractivity contribution is 5.45. The second kappa shape index (κ2) is 5.80. The Morgan fingerprint density at radius 2 is 2.18 bits per heavy atom. The maximum absolute atomic E-state index is 10.3. The lowest BCUT2D eigenvalue weighted by Gasteiger charge is -2.28. The molecule has 0 aromatic carbocycles. The van der Waals surface area contributed by atoms with Crippen LogP contribution >= 0.6 is 0 Å². The molecule has 1 amide bonds. The van der Waals surface area contributed by atoms with E-state index in [4.69, 9.17) is 0 Å². The lowest BCUT2D eigenvalue weighted by molar-refractivity contribution is -0.109. The van der Waals surface area contributed by atoms with Crippen LogP contribution in [0.1, 0.15) is 42.9 Å². The molecule has 1 aliphatic carbocycles. The van der Waals surface area contributed by atoms with Gasteiger partial charge in [0.25, 0.3) is 0 Å². The van der Waals surface area contributed by atoms with E-state index < -0.39 is 0 Å². The summed E-state index contributed by atoms with van der Waals surface area (Å²) in [5.74, 6) is 1.35. The van der Waals surface area contributed by atoms with Gasteiger partial charge in [0.05, 0.1) is 0 Å². The largest absolute Gasteiger partial charge is 0.358 e. The molecule has 0 unspecified atom stereocenters. The Morgan fingerprint density at radius 1 is 1.41 bits per heavy atom. The molecule has 92 valence electrons. The number of aryl methyl sites for hydroxylation is 1. The average molecular weight is 232 g/mol. The lowest BCUT2D eigenvalue weighted by atomic mass is 9.79. The van der Waals surface area contributed by atoms with E-state index in [1.54, 1.807) is 0 Å². The van der Waals surface area contributed by atoms with Crippen LogP contribution in [0.5, 0.6) is 0 Å². The van der Waals surface area contributed by atoms with Crippen molar-refractivity contribution in [3.8, 4) is 0 Å². The van der Waals surface area contributed by atoms with Crippen molar-refractivity contribution in [2.24, 2.45) is 5.92 Å². The molecule has 1 aliphatic rings. The minimum Gasteiger partial charge on any atom is -0.358 e. The summed E-state index contributed by atoms with van der Waals surface area (Å²) in [6.07, 6.45) is 7.60. The van der Waals surface area contributed by atoms with Gasteiger partial charge in [-0.2, -0.15) is 0 Å². The molecule has 1 fully saturated rings. The number of amides is 1. The zero-order chi connectivity index (χ0) is 12.1. The van der Waals surface area contributed by atoms with Crippen LogP contribution in [0.3, 0.4) is 0 Å². The van der Waals surface area contributed by atoms with Crippen molar-refractivity contribution in [1.29, 1.82) is 0 Å². The average Bonchev–Trinajstić information content (AvgIpc) is 2.37. The van der Waals surface area contributed by atoms with Crippen LogP contribution in [-0.4, -0.2) is 17.9 Å². The minimum atomic E-state index is 0.666. The summed E-state index contributed by atoms with van der Waals surface area (Å²) >= 11 is 0. The van der Waals surface area contributed by atoms with E-state index in [1.807, 2.05) is 13.1 Å². The quantitative estimate of drug-likeness (QED) is 0.810. The highest BCUT2D eigenvalue weighted by atomic mass is 16.1. The van der Waals surface area contributed by atoms with Crippen molar-refractivity contribution >= 4 is 6.41 Å². The molecule has 0 spiro atoms. The molecule has 3 heteroatoms. The predicted molar refractivity (Wildman–Crippen MR) is 67.7 cm³/mol. The van der Waals surface area contributed by atoms with Crippen LogP contribution in [-0.2, 0) is 4.79 Å². The van der Waals surface area contributed by atoms with E-state index >= 15 is 0 Å². The van der Waals surface area contributed by atoms with Gasteiger partial charge in [-0.15, -0.1) is 0 Å². The molecule has 1 heterocycles. The Morgan fingerprint density at radius 3 is 2.82 bits per heavy atom. The Kier molecular flexibility index (Phi) is 4.13. The number of hydrogen-bond acceptors (Lipinski definition) is 2. The molecule has 1 aromatic rings. The summed E-state index contributed by atoms with van der Waals surface area (Å²) in [4.78, 5) is 14.5. The van der Waals surface area contributed by atoms with E-state index in [2.05, 4.69) is 22.4 Å². The Labute approximate surface area is 103 Å².